The van der Waals surface area contributed by atoms with E-state index in [2.05, 4.69) is 5.32 Å². The van der Waals surface area contributed by atoms with Crippen LogP contribution in [0.15, 0.2) is 17.0 Å². The summed E-state index contributed by atoms with van der Waals surface area (Å²) in [5.74, 6) is -3.30. The van der Waals surface area contributed by atoms with Crippen LogP contribution in [-0.4, -0.2) is 37.7 Å². The number of nitriles is 1. The summed E-state index contributed by atoms with van der Waals surface area (Å²) in [5, 5.41) is 18.7. The fourth-order valence-electron chi connectivity index (χ4n) is 1.37. The van der Waals surface area contributed by atoms with Gasteiger partial charge < -0.3 is 10.4 Å². The maximum Gasteiger partial charge on any atom is 0.337 e. The molecule has 0 aliphatic carbocycles. The predicted molar refractivity (Wildman–Crippen MR) is 74.1 cm³/mol. The number of benzene rings is 1. The van der Waals surface area contributed by atoms with Crippen molar-refractivity contribution in [2.45, 2.75) is 4.90 Å². The first kappa shape index (κ1) is 17.2. The number of hydrogen-bond acceptors (Lipinski definition) is 5. The number of carboxylic acid groups (broad SMARTS) is 1. The minimum absolute atomic E-state index is 0.222. The molecule has 0 fully saturated rings. The van der Waals surface area contributed by atoms with Gasteiger partial charge in [-0.15, -0.1) is 0 Å². The molecule has 2 N–H and O–H groups in total. The molecule has 0 radical (unpaired) electrons. The number of aromatic carboxylic acids is 1. The number of carboxylic acids is 1. The van der Waals surface area contributed by atoms with E-state index in [0.717, 1.165) is 12.1 Å². The summed E-state index contributed by atoms with van der Waals surface area (Å²) in [6.07, 6.45) is 0. The van der Waals surface area contributed by atoms with Gasteiger partial charge in [-0.1, -0.05) is 23.2 Å². The van der Waals surface area contributed by atoms with Gasteiger partial charge >= 0.3 is 5.97 Å². The van der Waals surface area contributed by atoms with Gasteiger partial charge in [0, 0.05) is 0 Å². The van der Waals surface area contributed by atoms with Gasteiger partial charge in [0.05, 0.1) is 26.6 Å². The molecule has 0 heterocycles. The topological polar surface area (TPSA) is 124 Å². The monoisotopic (exact) mass is 350 g/mol. The predicted octanol–water partition coefficient (Wildman–Crippen LogP) is 1.11. The molecule has 1 amide bonds. The summed E-state index contributed by atoms with van der Waals surface area (Å²) in [6, 6.07) is 3.39. The highest BCUT2D eigenvalue weighted by atomic mass is 35.5. The summed E-state index contributed by atoms with van der Waals surface area (Å²) in [4.78, 5) is 21.8. The third kappa shape index (κ3) is 4.32. The Balaban J connectivity index is 3.20. The summed E-state index contributed by atoms with van der Waals surface area (Å²) < 4.78 is 24.1. The molecule has 1 aromatic rings. The lowest BCUT2D eigenvalue weighted by Gasteiger charge is -2.08. The summed E-state index contributed by atoms with van der Waals surface area (Å²) >= 11 is 11.4. The van der Waals surface area contributed by atoms with Crippen molar-refractivity contribution in [3.8, 4) is 6.07 Å². The maximum atomic E-state index is 12.0. The Hall–Kier alpha value is -1.82. The van der Waals surface area contributed by atoms with Crippen molar-refractivity contribution >= 4 is 44.9 Å². The molecule has 1 rings (SSSR count). The number of carbonyl (C=O) groups is 2. The van der Waals surface area contributed by atoms with Crippen LogP contribution < -0.4 is 5.32 Å². The third-order valence-electron chi connectivity index (χ3n) is 2.27. The highest BCUT2D eigenvalue weighted by molar-refractivity contribution is 7.92. The van der Waals surface area contributed by atoms with Gasteiger partial charge in [0.15, 0.2) is 9.84 Å². The summed E-state index contributed by atoms with van der Waals surface area (Å²) in [5.41, 5.74) is -0.447. The number of carbonyl (C=O) groups excluding carboxylic acids is 1. The molecule has 0 aromatic heterocycles. The summed E-state index contributed by atoms with van der Waals surface area (Å²) in [7, 11) is -4.17. The number of nitrogens with one attached hydrogen (secondary N) is 1. The lowest BCUT2D eigenvalue weighted by atomic mass is 10.2. The molecule has 0 bridgehead atoms. The van der Waals surface area contributed by atoms with E-state index < -0.39 is 37.9 Å². The van der Waals surface area contributed by atoms with E-state index in [4.69, 9.17) is 33.6 Å². The van der Waals surface area contributed by atoms with Crippen molar-refractivity contribution < 1.29 is 23.1 Å². The van der Waals surface area contributed by atoms with E-state index in [1.807, 2.05) is 0 Å². The first-order valence-corrected chi connectivity index (χ1v) is 7.68. The average Bonchev–Trinajstić information content (AvgIpc) is 2.34. The minimum atomic E-state index is -4.17. The number of amides is 1. The molecule has 10 heteroatoms. The number of hydrogen-bond donors (Lipinski definition) is 2. The quantitative estimate of drug-likeness (QED) is 0.766. The largest absolute Gasteiger partial charge is 0.478 e. The molecule has 0 aliphatic rings. The van der Waals surface area contributed by atoms with Crippen molar-refractivity contribution in [3.63, 3.8) is 0 Å². The normalized spacial score (nSPS) is 10.7. The number of rotatable bonds is 5. The lowest BCUT2D eigenvalue weighted by Crippen LogP contribution is -2.30. The van der Waals surface area contributed by atoms with Crippen molar-refractivity contribution in [1.29, 1.82) is 5.26 Å². The molecule has 0 aliphatic heterocycles. The zero-order chi connectivity index (χ0) is 16.2. The zero-order valence-corrected chi connectivity index (χ0v) is 12.6. The van der Waals surface area contributed by atoms with E-state index in [1.165, 1.54) is 0 Å². The standard InChI is InChI=1S/C11H8Cl2N2O5S/c12-7-4-8(13)9(3-6(7)11(17)18)21(19,20)5-10(16)15-2-1-14/h3-4H,2,5H2,(H,15,16)(H,17,18). The molecule has 0 saturated heterocycles. The molecular formula is C11H8Cl2N2O5S. The van der Waals surface area contributed by atoms with Crippen LogP contribution in [-0.2, 0) is 14.6 Å². The van der Waals surface area contributed by atoms with E-state index in [9.17, 15) is 18.0 Å². The van der Waals surface area contributed by atoms with Crippen LogP contribution in [0, 0.1) is 11.3 Å². The Kier molecular flexibility index (Phi) is 5.54. The van der Waals surface area contributed by atoms with Crippen LogP contribution in [0.4, 0.5) is 0 Å². The van der Waals surface area contributed by atoms with Gasteiger partial charge in [-0.2, -0.15) is 5.26 Å². The first-order chi connectivity index (χ1) is 9.69. The first-order valence-electron chi connectivity index (χ1n) is 5.27. The fraction of sp³-hybridized carbons (Fsp3) is 0.182. The van der Waals surface area contributed by atoms with Crippen molar-refractivity contribution in [2.24, 2.45) is 0 Å². The number of nitrogens with zero attached hydrogens (tertiary/aromatic N) is 1. The van der Waals surface area contributed by atoms with E-state index in [-0.39, 0.29) is 16.6 Å². The van der Waals surface area contributed by atoms with Crippen molar-refractivity contribution in [1.82, 2.24) is 5.32 Å². The Labute approximate surface area is 130 Å². The fourth-order valence-corrected chi connectivity index (χ4v) is 3.44. The Morgan fingerprint density at radius 2 is 1.90 bits per heavy atom. The van der Waals surface area contributed by atoms with Crippen molar-refractivity contribution in [2.75, 3.05) is 12.3 Å². The Morgan fingerprint density at radius 3 is 2.43 bits per heavy atom. The van der Waals surface area contributed by atoms with Gasteiger partial charge in [-0.3, -0.25) is 4.79 Å². The second-order valence-electron chi connectivity index (χ2n) is 3.76. The average molecular weight is 351 g/mol. The molecular weight excluding hydrogens is 343 g/mol. The van der Waals surface area contributed by atoms with E-state index in [0.29, 0.717) is 0 Å². The Morgan fingerprint density at radius 1 is 1.29 bits per heavy atom. The van der Waals surface area contributed by atoms with Crippen LogP contribution in [0.2, 0.25) is 10.0 Å². The van der Waals surface area contributed by atoms with Gasteiger partial charge in [-0.25, -0.2) is 13.2 Å². The lowest BCUT2D eigenvalue weighted by molar-refractivity contribution is -0.118. The smallest absolute Gasteiger partial charge is 0.337 e. The van der Waals surface area contributed by atoms with Gasteiger partial charge in [0.1, 0.15) is 12.3 Å². The van der Waals surface area contributed by atoms with Gasteiger partial charge in [-0.05, 0) is 12.1 Å². The van der Waals surface area contributed by atoms with E-state index >= 15 is 0 Å². The molecule has 0 spiro atoms. The second-order valence-corrected chi connectivity index (χ2v) is 6.53. The minimum Gasteiger partial charge on any atom is -0.478 e. The SMILES string of the molecule is N#CCNC(=O)CS(=O)(=O)c1cc(C(=O)O)c(Cl)cc1Cl. The van der Waals surface area contributed by atoms with Gasteiger partial charge in [0.25, 0.3) is 0 Å². The molecule has 7 nitrogen and oxygen atoms in total. The van der Waals surface area contributed by atoms with Crippen LogP contribution in [0.5, 0.6) is 0 Å². The highest BCUT2D eigenvalue weighted by Crippen LogP contribution is 2.29. The summed E-state index contributed by atoms with van der Waals surface area (Å²) in [6.45, 7) is -0.344. The van der Waals surface area contributed by atoms with Gasteiger partial charge in [0.2, 0.25) is 5.91 Å². The molecule has 112 valence electrons. The maximum absolute atomic E-state index is 12.0. The number of halogens is 2. The zero-order valence-electron chi connectivity index (χ0n) is 10.3. The van der Waals surface area contributed by atoms with Crippen LogP contribution in [0.1, 0.15) is 10.4 Å². The van der Waals surface area contributed by atoms with Crippen molar-refractivity contribution in [3.05, 3.63) is 27.7 Å². The highest BCUT2D eigenvalue weighted by Gasteiger charge is 2.25. The molecule has 1 aromatic carbocycles. The molecule has 0 atom stereocenters. The Bertz CT molecular complexity index is 740. The van der Waals surface area contributed by atoms with Crippen LogP contribution in [0.3, 0.4) is 0 Å². The van der Waals surface area contributed by atoms with E-state index in [1.54, 1.807) is 6.07 Å². The third-order valence-corrected chi connectivity index (χ3v) is 4.66. The second kappa shape index (κ2) is 6.76. The molecule has 0 unspecified atom stereocenters. The molecule has 0 saturated carbocycles. The molecule has 21 heavy (non-hydrogen) atoms. The van der Waals surface area contributed by atoms with Crippen LogP contribution in [0.25, 0.3) is 0 Å². The van der Waals surface area contributed by atoms with Crippen LogP contribution >= 0.6 is 23.2 Å². The number of sulfone groups is 1.